The summed E-state index contributed by atoms with van der Waals surface area (Å²) in [5.74, 6) is 8.28. The van der Waals surface area contributed by atoms with E-state index >= 15 is 0 Å². The molecule has 3 rings (SSSR count). The molecule has 0 atom stereocenters. The number of hydrogen-bond acceptors (Lipinski definition) is 5. The van der Waals surface area contributed by atoms with E-state index < -0.39 is 0 Å². The molecule has 6 heteroatoms. The first-order valence-corrected chi connectivity index (χ1v) is 7.38. The van der Waals surface area contributed by atoms with Crippen LogP contribution in [0, 0.1) is 0 Å². The Morgan fingerprint density at radius 3 is 2.70 bits per heavy atom. The molecule has 0 amide bonds. The molecule has 1 heterocycles. The fourth-order valence-corrected chi connectivity index (χ4v) is 2.44. The van der Waals surface area contributed by atoms with Gasteiger partial charge in [0.05, 0.1) is 0 Å². The van der Waals surface area contributed by atoms with Gasteiger partial charge >= 0.3 is 0 Å². The lowest BCUT2D eigenvalue weighted by Gasteiger charge is -2.09. The number of aromatic nitrogens is 2. The Hall–Kier alpha value is -1.66. The summed E-state index contributed by atoms with van der Waals surface area (Å²) in [6.07, 6.45) is 2.33. The number of anilines is 2. The summed E-state index contributed by atoms with van der Waals surface area (Å²) < 4.78 is 1.07. The zero-order valence-electron chi connectivity index (χ0n) is 10.9. The Labute approximate surface area is 126 Å². The highest BCUT2D eigenvalue weighted by atomic mass is 79.9. The minimum absolute atomic E-state index is 0.495. The Bertz CT molecular complexity index is 612. The van der Waals surface area contributed by atoms with Crippen molar-refractivity contribution in [2.45, 2.75) is 25.3 Å². The third-order valence-corrected chi connectivity index (χ3v) is 3.69. The predicted molar refractivity (Wildman–Crippen MR) is 83.3 cm³/mol. The third-order valence-electron chi connectivity index (χ3n) is 3.20. The zero-order valence-corrected chi connectivity index (χ0v) is 12.5. The van der Waals surface area contributed by atoms with Gasteiger partial charge in [-0.3, -0.25) is 0 Å². The van der Waals surface area contributed by atoms with E-state index in [0.29, 0.717) is 18.3 Å². The minimum atomic E-state index is 0.495. The summed E-state index contributed by atoms with van der Waals surface area (Å²) in [7, 11) is 0. The number of hydrogen-bond donors (Lipinski definition) is 3. The van der Waals surface area contributed by atoms with Crippen molar-refractivity contribution < 1.29 is 0 Å². The highest BCUT2D eigenvalue weighted by molar-refractivity contribution is 9.10. The standard InChI is InChI=1S/C14H16BrN5/c15-11-3-1-2-9(6-11)8-17-12-7-13(20-16)19-14(18-12)10-4-5-10/h1-3,6-7,10H,4-5,8,16H2,(H2,17,18,19,20). The van der Waals surface area contributed by atoms with Crippen LogP contribution in [-0.4, -0.2) is 9.97 Å². The first kappa shape index (κ1) is 13.3. The summed E-state index contributed by atoms with van der Waals surface area (Å²) in [4.78, 5) is 8.94. The summed E-state index contributed by atoms with van der Waals surface area (Å²) in [5.41, 5.74) is 3.79. The first-order valence-electron chi connectivity index (χ1n) is 6.58. The number of hydrazine groups is 1. The second kappa shape index (κ2) is 5.76. The van der Waals surface area contributed by atoms with Crippen LogP contribution in [0.3, 0.4) is 0 Å². The number of nitrogen functional groups attached to an aromatic ring is 1. The van der Waals surface area contributed by atoms with Gasteiger partial charge in [-0.05, 0) is 30.5 Å². The lowest BCUT2D eigenvalue weighted by atomic mass is 10.2. The molecule has 0 unspecified atom stereocenters. The molecule has 5 nitrogen and oxygen atoms in total. The molecule has 0 radical (unpaired) electrons. The molecule has 1 aliphatic rings. The van der Waals surface area contributed by atoms with Crippen LogP contribution in [-0.2, 0) is 6.54 Å². The fourth-order valence-electron chi connectivity index (χ4n) is 1.99. The van der Waals surface area contributed by atoms with Gasteiger partial charge in [-0.2, -0.15) is 0 Å². The molecule has 0 saturated heterocycles. The van der Waals surface area contributed by atoms with Crippen molar-refractivity contribution in [3.8, 4) is 0 Å². The van der Waals surface area contributed by atoms with E-state index in [-0.39, 0.29) is 0 Å². The van der Waals surface area contributed by atoms with Gasteiger partial charge in [0.15, 0.2) is 0 Å². The van der Waals surface area contributed by atoms with Gasteiger partial charge in [0.1, 0.15) is 17.5 Å². The normalized spacial score (nSPS) is 14.1. The second-order valence-electron chi connectivity index (χ2n) is 4.90. The summed E-state index contributed by atoms with van der Waals surface area (Å²) in [5, 5.41) is 3.32. The molecule has 0 aliphatic heterocycles. The van der Waals surface area contributed by atoms with Crippen LogP contribution in [0.1, 0.15) is 30.1 Å². The van der Waals surface area contributed by atoms with Crippen LogP contribution in [0.4, 0.5) is 11.6 Å². The molecular formula is C14H16BrN5. The zero-order chi connectivity index (χ0) is 13.9. The average Bonchev–Trinajstić information content (AvgIpc) is 3.29. The number of benzene rings is 1. The molecule has 1 aromatic carbocycles. The van der Waals surface area contributed by atoms with Crippen LogP contribution in [0.15, 0.2) is 34.8 Å². The van der Waals surface area contributed by atoms with Crippen LogP contribution >= 0.6 is 15.9 Å². The van der Waals surface area contributed by atoms with Gasteiger partial charge in [0, 0.05) is 23.0 Å². The maximum Gasteiger partial charge on any atom is 0.145 e. The molecule has 104 valence electrons. The van der Waals surface area contributed by atoms with Crippen molar-refractivity contribution in [3.05, 3.63) is 46.2 Å². The molecule has 1 aromatic heterocycles. The molecular weight excluding hydrogens is 318 g/mol. The average molecular weight is 334 g/mol. The number of nitrogens with two attached hydrogens (primary N) is 1. The number of rotatable bonds is 5. The predicted octanol–water partition coefficient (Wildman–Crippen LogP) is 3.01. The topological polar surface area (TPSA) is 75.9 Å². The quantitative estimate of drug-likeness (QED) is 0.579. The molecule has 20 heavy (non-hydrogen) atoms. The van der Waals surface area contributed by atoms with E-state index in [4.69, 9.17) is 5.84 Å². The number of nitrogens with zero attached hydrogens (tertiary/aromatic N) is 2. The lowest BCUT2D eigenvalue weighted by Crippen LogP contribution is -2.12. The highest BCUT2D eigenvalue weighted by Crippen LogP contribution is 2.38. The van der Waals surface area contributed by atoms with Crippen LogP contribution in [0.25, 0.3) is 0 Å². The van der Waals surface area contributed by atoms with Crippen LogP contribution < -0.4 is 16.6 Å². The van der Waals surface area contributed by atoms with Crippen molar-refractivity contribution in [1.82, 2.24) is 9.97 Å². The van der Waals surface area contributed by atoms with Crippen molar-refractivity contribution in [3.63, 3.8) is 0 Å². The maximum atomic E-state index is 5.46. The molecule has 2 aromatic rings. The SMILES string of the molecule is NNc1cc(NCc2cccc(Br)c2)nc(C2CC2)n1. The van der Waals surface area contributed by atoms with E-state index in [1.165, 1.54) is 18.4 Å². The van der Waals surface area contributed by atoms with Gasteiger partial charge in [0.25, 0.3) is 0 Å². The fraction of sp³-hybridized carbons (Fsp3) is 0.286. The molecule has 1 saturated carbocycles. The maximum absolute atomic E-state index is 5.46. The van der Waals surface area contributed by atoms with Crippen molar-refractivity contribution in [1.29, 1.82) is 0 Å². The van der Waals surface area contributed by atoms with E-state index in [1.54, 1.807) is 0 Å². The van der Waals surface area contributed by atoms with Crippen molar-refractivity contribution in [2.24, 2.45) is 5.84 Å². The molecule has 0 bridgehead atoms. The monoisotopic (exact) mass is 333 g/mol. The molecule has 1 aliphatic carbocycles. The van der Waals surface area contributed by atoms with Gasteiger partial charge in [-0.1, -0.05) is 28.1 Å². The smallest absolute Gasteiger partial charge is 0.145 e. The summed E-state index contributed by atoms with van der Waals surface area (Å²) in [6.45, 7) is 0.713. The van der Waals surface area contributed by atoms with Crippen molar-refractivity contribution in [2.75, 3.05) is 10.7 Å². The third kappa shape index (κ3) is 3.26. The number of halogens is 1. The van der Waals surface area contributed by atoms with E-state index in [1.807, 2.05) is 18.2 Å². The highest BCUT2D eigenvalue weighted by Gasteiger charge is 2.27. The summed E-state index contributed by atoms with van der Waals surface area (Å²) in [6, 6.07) is 10.0. The van der Waals surface area contributed by atoms with E-state index in [2.05, 4.69) is 48.8 Å². The first-order chi connectivity index (χ1) is 9.74. The Morgan fingerprint density at radius 2 is 2.00 bits per heavy atom. The lowest BCUT2D eigenvalue weighted by molar-refractivity contribution is 0.920. The largest absolute Gasteiger partial charge is 0.366 e. The second-order valence-corrected chi connectivity index (χ2v) is 5.81. The molecule has 0 spiro atoms. The Morgan fingerprint density at radius 1 is 1.20 bits per heavy atom. The minimum Gasteiger partial charge on any atom is -0.366 e. The summed E-state index contributed by atoms with van der Waals surface area (Å²) >= 11 is 3.47. The van der Waals surface area contributed by atoms with E-state index in [0.717, 1.165) is 16.1 Å². The van der Waals surface area contributed by atoms with Crippen LogP contribution in [0.2, 0.25) is 0 Å². The van der Waals surface area contributed by atoms with Crippen LogP contribution in [0.5, 0.6) is 0 Å². The van der Waals surface area contributed by atoms with Gasteiger partial charge < -0.3 is 10.7 Å². The van der Waals surface area contributed by atoms with Gasteiger partial charge in [-0.25, -0.2) is 15.8 Å². The van der Waals surface area contributed by atoms with Crippen molar-refractivity contribution >= 4 is 27.6 Å². The molecule has 1 fully saturated rings. The van der Waals surface area contributed by atoms with E-state index in [9.17, 15) is 0 Å². The number of nitrogens with one attached hydrogen (secondary N) is 2. The Balaban J connectivity index is 1.74. The Kier molecular flexibility index (Phi) is 3.84. The van der Waals surface area contributed by atoms with Gasteiger partial charge in [-0.15, -0.1) is 0 Å². The molecule has 4 N–H and O–H groups in total. The van der Waals surface area contributed by atoms with Gasteiger partial charge in [0.2, 0.25) is 0 Å².